The predicted molar refractivity (Wildman–Crippen MR) is 88.6 cm³/mol. The van der Waals surface area contributed by atoms with E-state index in [2.05, 4.69) is 48.1 Å². The summed E-state index contributed by atoms with van der Waals surface area (Å²) >= 11 is 0. The van der Waals surface area contributed by atoms with Crippen molar-refractivity contribution in [3.8, 4) is 0 Å². The van der Waals surface area contributed by atoms with Crippen molar-refractivity contribution in [3.63, 3.8) is 0 Å². The number of hydrogen-bond acceptors (Lipinski definition) is 9. The Balaban J connectivity index is 2.53. The molecule has 0 aliphatic rings. The average molecular weight is 306 g/mol. The number of aromatic nitrogens is 4. The number of anilines is 4. The van der Waals surface area contributed by atoms with Crippen LogP contribution in [0.3, 0.4) is 0 Å². The van der Waals surface area contributed by atoms with Crippen molar-refractivity contribution in [2.24, 2.45) is 0 Å². The monoisotopic (exact) mass is 306 g/mol. The summed E-state index contributed by atoms with van der Waals surface area (Å²) in [6, 6.07) is 0. The van der Waals surface area contributed by atoms with E-state index in [1.807, 2.05) is 0 Å². The van der Waals surface area contributed by atoms with E-state index in [1.165, 1.54) is 0 Å². The van der Waals surface area contributed by atoms with E-state index in [0.29, 0.717) is 41.1 Å². The molecule has 22 heavy (non-hydrogen) atoms. The molecule has 0 aliphatic carbocycles. The maximum absolute atomic E-state index is 8.91. The van der Waals surface area contributed by atoms with Crippen molar-refractivity contribution in [3.05, 3.63) is 0 Å². The highest BCUT2D eigenvalue weighted by atomic mass is 16.3. The third kappa shape index (κ3) is 3.42. The fourth-order valence-electron chi connectivity index (χ4n) is 1.93. The molecule has 0 amide bonds. The first kappa shape index (κ1) is 16.0. The summed E-state index contributed by atoms with van der Waals surface area (Å²) in [6.45, 7) is 3.25. The van der Waals surface area contributed by atoms with Gasteiger partial charge in [0.2, 0.25) is 11.9 Å². The fourth-order valence-corrected chi connectivity index (χ4v) is 1.93. The van der Waals surface area contributed by atoms with Gasteiger partial charge < -0.3 is 26.4 Å². The molecule has 5 N–H and O–H groups in total. The quantitative estimate of drug-likeness (QED) is 0.480. The first-order valence-electron chi connectivity index (χ1n) is 7.27. The second-order valence-electron chi connectivity index (χ2n) is 4.57. The minimum Gasteiger partial charge on any atom is -0.395 e. The SMILES string of the molecule is CCCNc1nc(NC)c2nc(NCCO)nc(NC)c2n1. The van der Waals surface area contributed by atoms with Crippen LogP contribution in [0, 0.1) is 0 Å². The number of hydrogen-bond donors (Lipinski definition) is 5. The molecule has 0 radical (unpaired) electrons. The zero-order chi connectivity index (χ0) is 15.9. The van der Waals surface area contributed by atoms with E-state index in [9.17, 15) is 0 Å². The molecule has 2 rings (SSSR count). The minimum absolute atomic E-state index is 0.00550. The average Bonchev–Trinajstić information content (AvgIpc) is 2.56. The number of nitrogens with zero attached hydrogens (tertiary/aromatic N) is 4. The van der Waals surface area contributed by atoms with Crippen molar-refractivity contribution < 1.29 is 5.11 Å². The van der Waals surface area contributed by atoms with Gasteiger partial charge in [0.1, 0.15) is 11.0 Å². The lowest BCUT2D eigenvalue weighted by molar-refractivity contribution is 0.311. The third-order valence-electron chi connectivity index (χ3n) is 2.95. The molecule has 2 aromatic rings. The van der Waals surface area contributed by atoms with Gasteiger partial charge in [-0.3, -0.25) is 0 Å². The molecule has 120 valence electrons. The molecule has 9 heteroatoms. The van der Waals surface area contributed by atoms with E-state index in [0.717, 1.165) is 13.0 Å². The number of fused-ring (bicyclic) bond motifs is 1. The van der Waals surface area contributed by atoms with Crippen LogP contribution < -0.4 is 21.3 Å². The molecule has 9 nitrogen and oxygen atoms in total. The van der Waals surface area contributed by atoms with Gasteiger partial charge in [-0.05, 0) is 6.42 Å². The van der Waals surface area contributed by atoms with Gasteiger partial charge in [-0.25, -0.2) is 9.97 Å². The highest BCUT2D eigenvalue weighted by Crippen LogP contribution is 2.26. The summed E-state index contributed by atoms with van der Waals surface area (Å²) in [5, 5.41) is 21.1. The number of rotatable bonds is 8. The highest BCUT2D eigenvalue weighted by Gasteiger charge is 2.14. The van der Waals surface area contributed by atoms with Crippen LogP contribution in [0.4, 0.5) is 23.5 Å². The first-order chi connectivity index (χ1) is 10.7. The van der Waals surface area contributed by atoms with Gasteiger partial charge in [0.05, 0.1) is 6.61 Å². The van der Waals surface area contributed by atoms with E-state index < -0.39 is 0 Å². The van der Waals surface area contributed by atoms with Gasteiger partial charge in [0, 0.05) is 27.2 Å². The maximum Gasteiger partial charge on any atom is 0.225 e. The normalized spacial score (nSPS) is 10.5. The van der Waals surface area contributed by atoms with Crippen LogP contribution in [0.15, 0.2) is 0 Å². The zero-order valence-electron chi connectivity index (χ0n) is 13.1. The highest BCUT2D eigenvalue weighted by molar-refractivity contribution is 5.94. The standard InChI is InChI=1S/C13H22N8O/c1-4-5-16-12-18-8-9(10(14-2)20-12)19-13(17-6-7-22)21-11(8)15-3/h22H,4-7H2,1-3H3,(H2,14,16,18,20)(H2,15,17,19,21). The molecule has 0 atom stereocenters. The Morgan fingerprint density at radius 3 is 1.73 bits per heavy atom. The van der Waals surface area contributed by atoms with Crippen molar-refractivity contribution in [2.75, 3.05) is 55.1 Å². The van der Waals surface area contributed by atoms with E-state index >= 15 is 0 Å². The molecule has 0 unspecified atom stereocenters. The first-order valence-corrected chi connectivity index (χ1v) is 7.27. The Hall–Kier alpha value is -2.42. The van der Waals surface area contributed by atoms with Crippen molar-refractivity contribution in [2.45, 2.75) is 13.3 Å². The van der Waals surface area contributed by atoms with Crippen LogP contribution in [0.1, 0.15) is 13.3 Å². The molecule has 2 aromatic heterocycles. The summed E-state index contributed by atoms with van der Waals surface area (Å²) in [6.07, 6.45) is 0.982. The van der Waals surface area contributed by atoms with Crippen molar-refractivity contribution >= 4 is 34.6 Å². The van der Waals surface area contributed by atoms with Crippen molar-refractivity contribution in [1.82, 2.24) is 19.9 Å². The Morgan fingerprint density at radius 2 is 1.32 bits per heavy atom. The molecule has 0 saturated carbocycles. The van der Waals surface area contributed by atoms with Crippen LogP contribution in [0.5, 0.6) is 0 Å². The van der Waals surface area contributed by atoms with E-state index in [4.69, 9.17) is 5.11 Å². The summed E-state index contributed by atoms with van der Waals surface area (Å²) in [5.41, 5.74) is 1.25. The second kappa shape index (κ2) is 7.55. The molecular formula is C13H22N8O. The molecule has 0 aromatic carbocycles. The van der Waals surface area contributed by atoms with E-state index in [1.54, 1.807) is 14.1 Å². The van der Waals surface area contributed by atoms with Crippen LogP contribution in [0.25, 0.3) is 11.0 Å². The Labute approximate surface area is 129 Å². The van der Waals surface area contributed by atoms with Crippen LogP contribution in [-0.2, 0) is 0 Å². The lowest BCUT2D eigenvalue weighted by atomic mass is 10.3. The summed E-state index contributed by atoms with van der Waals surface area (Å²) in [4.78, 5) is 17.7. The topological polar surface area (TPSA) is 120 Å². The lowest BCUT2D eigenvalue weighted by Gasteiger charge is -2.12. The Bertz CT molecular complexity index is 578. The predicted octanol–water partition coefficient (Wildman–Crippen LogP) is 0.729. The van der Waals surface area contributed by atoms with Crippen LogP contribution >= 0.6 is 0 Å². The number of nitrogens with one attached hydrogen (secondary N) is 4. The third-order valence-corrected chi connectivity index (χ3v) is 2.95. The van der Waals surface area contributed by atoms with Gasteiger partial charge >= 0.3 is 0 Å². The summed E-state index contributed by atoms with van der Waals surface area (Å²) in [5.74, 6) is 2.17. The Morgan fingerprint density at radius 1 is 0.818 bits per heavy atom. The Kier molecular flexibility index (Phi) is 5.48. The summed E-state index contributed by atoms with van der Waals surface area (Å²) < 4.78 is 0. The number of aliphatic hydroxyl groups excluding tert-OH is 1. The molecule has 0 bridgehead atoms. The van der Waals surface area contributed by atoms with Gasteiger partial charge in [0.15, 0.2) is 11.6 Å². The number of aliphatic hydroxyl groups is 1. The van der Waals surface area contributed by atoms with Gasteiger partial charge in [-0.15, -0.1) is 0 Å². The largest absolute Gasteiger partial charge is 0.395 e. The molecule has 2 heterocycles. The van der Waals surface area contributed by atoms with Crippen LogP contribution in [0.2, 0.25) is 0 Å². The molecule has 0 spiro atoms. The minimum atomic E-state index is 0.00550. The molecular weight excluding hydrogens is 284 g/mol. The molecule has 0 saturated heterocycles. The zero-order valence-corrected chi connectivity index (χ0v) is 13.1. The van der Waals surface area contributed by atoms with Crippen LogP contribution in [-0.4, -0.2) is 58.8 Å². The molecule has 0 fully saturated rings. The van der Waals surface area contributed by atoms with Gasteiger partial charge in [-0.1, -0.05) is 6.92 Å². The van der Waals surface area contributed by atoms with Gasteiger partial charge in [-0.2, -0.15) is 9.97 Å². The maximum atomic E-state index is 8.91. The smallest absolute Gasteiger partial charge is 0.225 e. The fraction of sp³-hybridized carbons (Fsp3) is 0.538. The summed E-state index contributed by atoms with van der Waals surface area (Å²) in [7, 11) is 3.56. The lowest BCUT2D eigenvalue weighted by Crippen LogP contribution is -2.12. The molecule has 0 aliphatic heterocycles. The van der Waals surface area contributed by atoms with Crippen molar-refractivity contribution in [1.29, 1.82) is 0 Å². The van der Waals surface area contributed by atoms with E-state index in [-0.39, 0.29) is 6.61 Å². The van der Waals surface area contributed by atoms with Gasteiger partial charge in [0.25, 0.3) is 0 Å². The second-order valence-corrected chi connectivity index (χ2v) is 4.57.